The van der Waals surface area contributed by atoms with Crippen LogP contribution < -0.4 is 93.2 Å². The average molecular weight is 616 g/mol. The Labute approximate surface area is 279 Å². The van der Waals surface area contributed by atoms with Crippen LogP contribution in [0, 0.1) is 0 Å². The van der Waals surface area contributed by atoms with Crippen LogP contribution in [0.5, 0.6) is 23.0 Å². The Kier molecular flexibility index (Phi) is 16.1. The fourth-order valence-electron chi connectivity index (χ4n) is 3.91. The van der Waals surface area contributed by atoms with Crippen LogP contribution in [-0.4, -0.2) is 47.9 Å². The first kappa shape index (κ1) is 39.0. The van der Waals surface area contributed by atoms with Gasteiger partial charge in [-0.3, -0.25) is 4.79 Å². The van der Waals surface area contributed by atoms with Crippen molar-refractivity contribution in [3.8, 4) is 23.0 Å². The Morgan fingerprint density at radius 3 is 1.88 bits per heavy atom. The minimum atomic E-state index is -5.31. The number of sulfone groups is 1. The van der Waals surface area contributed by atoms with Gasteiger partial charge in [-0.1, -0.05) is 27.5 Å². The standard InChI is InChI=1S/C25H34NO10PS.2Na/c1-7-25(8-2,37(28,29)30)24(27)26-20-13-17(9-10-21(20)34-4)16-38(31,32)12-11-19-22(35-5)14-18(33-3)15-23(19)36-6;;/h9-15H,7-8,16H2,1-6H3,(H,26,27)(H2,28,29,30);;/q;2*+1/p-2/b12-11+;;. The Morgan fingerprint density at radius 2 is 1.45 bits per heavy atom. The third kappa shape index (κ3) is 9.22. The van der Waals surface area contributed by atoms with Crippen LogP contribution in [0.3, 0.4) is 0 Å². The van der Waals surface area contributed by atoms with Gasteiger partial charge < -0.3 is 38.6 Å². The third-order valence-electron chi connectivity index (χ3n) is 6.19. The summed E-state index contributed by atoms with van der Waals surface area (Å²) in [6.45, 7) is 2.87. The van der Waals surface area contributed by atoms with Crippen LogP contribution in [0.4, 0.5) is 5.69 Å². The molecule has 210 valence electrons. The molecule has 0 atom stereocenters. The normalized spacial score (nSPS) is 11.7. The zero-order chi connectivity index (χ0) is 28.7. The van der Waals surface area contributed by atoms with Crippen molar-refractivity contribution in [3.63, 3.8) is 0 Å². The molecule has 0 saturated heterocycles. The molecular weight excluding hydrogens is 583 g/mol. The Balaban J connectivity index is 0.00000760. The van der Waals surface area contributed by atoms with Gasteiger partial charge in [-0.05, 0) is 36.6 Å². The van der Waals surface area contributed by atoms with Crippen LogP contribution in [0.15, 0.2) is 35.7 Å². The van der Waals surface area contributed by atoms with E-state index in [0.717, 1.165) is 5.41 Å². The number of benzene rings is 2. The molecule has 0 heterocycles. The molecule has 0 aliphatic rings. The number of nitrogens with one attached hydrogen (secondary N) is 1. The van der Waals surface area contributed by atoms with Crippen molar-refractivity contribution in [2.75, 3.05) is 33.8 Å². The van der Waals surface area contributed by atoms with Crippen LogP contribution in [0.1, 0.15) is 37.8 Å². The Bertz CT molecular complexity index is 1320. The van der Waals surface area contributed by atoms with E-state index < -0.39 is 34.2 Å². The quantitative estimate of drug-likeness (QED) is 0.179. The molecule has 0 saturated carbocycles. The maximum absolute atomic E-state index is 12.9. The number of hydrogen-bond acceptors (Lipinski definition) is 10. The predicted molar refractivity (Wildman–Crippen MR) is 140 cm³/mol. The SMILES string of the molecule is CCC(CC)(C(=O)Nc1cc(CS(=O)(=O)/C=C/c2c(OC)cc(OC)cc2OC)ccc1OC)P(=O)([O-])[O-].[Na+].[Na+]. The van der Waals surface area contributed by atoms with E-state index in [9.17, 15) is 27.6 Å². The van der Waals surface area contributed by atoms with Crippen molar-refractivity contribution < 1.29 is 106 Å². The molecule has 40 heavy (non-hydrogen) atoms. The van der Waals surface area contributed by atoms with Gasteiger partial charge in [-0.25, -0.2) is 8.42 Å². The van der Waals surface area contributed by atoms with E-state index in [1.54, 1.807) is 12.1 Å². The number of carbonyl (C=O) groups excluding carboxylic acids is 1. The molecule has 0 aliphatic heterocycles. The van der Waals surface area contributed by atoms with Gasteiger partial charge in [-0.15, -0.1) is 0 Å². The van der Waals surface area contributed by atoms with E-state index >= 15 is 0 Å². The summed E-state index contributed by atoms with van der Waals surface area (Å²) in [6.07, 6.45) is 0.897. The van der Waals surface area contributed by atoms with Crippen molar-refractivity contribution in [1.29, 1.82) is 0 Å². The number of rotatable bonds is 13. The van der Waals surface area contributed by atoms with Crippen LogP contribution in [-0.2, 0) is 24.9 Å². The number of amides is 1. The molecule has 11 nitrogen and oxygen atoms in total. The van der Waals surface area contributed by atoms with Gasteiger partial charge in [0.15, 0.2) is 9.84 Å². The molecule has 0 bridgehead atoms. The van der Waals surface area contributed by atoms with Crippen molar-refractivity contribution in [2.45, 2.75) is 37.6 Å². The zero-order valence-electron chi connectivity index (χ0n) is 24.1. The monoisotopic (exact) mass is 615 g/mol. The summed E-state index contributed by atoms with van der Waals surface area (Å²) >= 11 is 0. The van der Waals surface area contributed by atoms with E-state index in [1.807, 2.05) is 0 Å². The minimum absolute atomic E-state index is 0. The topological polar surface area (TPSA) is 163 Å². The average Bonchev–Trinajstić information content (AvgIpc) is 2.87. The maximum Gasteiger partial charge on any atom is 1.00 e. The van der Waals surface area contributed by atoms with Crippen LogP contribution >= 0.6 is 7.60 Å². The molecule has 2 aromatic rings. The van der Waals surface area contributed by atoms with Crippen LogP contribution in [0.2, 0.25) is 0 Å². The molecule has 0 aliphatic carbocycles. The molecule has 15 heteroatoms. The molecule has 0 fully saturated rings. The van der Waals surface area contributed by atoms with Crippen molar-refractivity contribution >= 4 is 35.1 Å². The second-order valence-electron chi connectivity index (χ2n) is 8.28. The Morgan fingerprint density at radius 1 is 0.925 bits per heavy atom. The van der Waals surface area contributed by atoms with Crippen molar-refractivity contribution in [3.05, 3.63) is 46.9 Å². The summed E-state index contributed by atoms with van der Waals surface area (Å²) in [6, 6.07) is 7.46. The van der Waals surface area contributed by atoms with Crippen molar-refractivity contribution in [2.24, 2.45) is 0 Å². The van der Waals surface area contributed by atoms with Gasteiger partial charge in [0.25, 0.3) is 0 Å². The fraction of sp³-hybridized carbons (Fsp3) is 0.400. The second kappa shape index (κ2) is 16.6. The predicted octanol–water partition coefficient (Wildman–Crippen LogP) is -3.27. The molecule has 0 aromatic heterocycles. The van der Waals surface area contributed by atoms with E-state index in [2.05, 4.69) is 5.32 Å². The van der Waals surface area contributed by atoms with Gasteiger partial charge in [0, 0.05) is 17.5 Å². The fourth-order valence-corrected chi connectivity index (χ4v) is 6.08. The molecule has 2 aromatic carbocycles. The van der Waals surface area contributed by atoms with E-state index in [-0.39, 0.29) is 89.0 Å². The molecule has 1 N–H and O–H groups in total. The van der Waals surface area contributed by atoms with Gasteiger partial charge in [0.05, 0.1) is 50.6 Å². The smallest absolute Gasteiger partial charge is 0.810 e. The zero-order valence-corrected chi connectivity index (χ0v) is 29.8. The Hall–Kier alpha value is -1.05. The molecule has 0 unspecified atom stereocenters. The van der Waals surface area contributed by atoms with Crippen LogP contribution in [0.25, 0.3) is 6.08 Å². The molecule has 2 rings (SSSR count). The van der Waals surface area contributed by atoms with E-state index in [1.165, 1.54) is 66.6 Å². The van der Waals surface area contributed by atoms with Gasteiger partial charge in [0.2, 0.25) is 5.91 Å². The summed E-state index contributed by atoms with van der Waals surface area (Å²) in [5, 5.41) is 1.29. The van der Waals surface area contributed by atoms with Gasteiger partial charge >= 0.3 is 59.1 Å². The third-order valence-corrected chi connectivity index (χ3v) is 9.36. The summed E-state index contributed by atoms with van der Waals surface area (Å²) in [4.78, 5) is 36.8. The maximum atomic E-state index is 12.9. The minimum Gasteiger partial charge on any atom is -0.810 e. The van der Waals surface area contributed by atoms with Gasteiger partial charge in [-0.2, -0.15) is 0 Å². The van der Waals surface area contributed by atoms with Gasteiger partial charge in [0.1, 0.15) is 23.0 Å². The summed E-state index contributed by atoms with van der Waals surface area (Å²) in [5.41, 5.74) is 0.704. The van der Waals surface area contributed by atoms with E-state index in [4.69, 9.17) is 18.9 Å². The molecular formula is C25H32NNa2O10PS. The molecule has 0 spiro atoms. The number of ether oxygens (including phenoxy) is 4. The number of methoxy groups -OCH3 is 4. The van der Waals surface area contributed by atoms with Crippen molar-refractivity contribution in [1.82, 2.24) is 0 Å². The first-order valence-electron chi connectivity index (χ1n) is 11.5. The summed E-state index contributed by atoms with van der Waals surface area (Å²) in [5.74, 6) is -0.154. The number of anilines is 1. The second-order valence-corrected chi connectivity index (χ2v) is 12.0. The molecule has 0 radical (unpaired) electrons. The van der Waals surface area contributed by atoms with E-state index in [0.29, 0.717) is 22.8 Å². The molecule has 1 amide bonds. The summed E-state index contributed by atoms with van der Waals surface area (Å²) < 4.78 is 58.9. The summed E-state index contributed by atoms with van der Waals surface area (Å²) in [7, 11) is -3.49. The number of carbonyl (C=O) groups is 1. The number of hydrogen-bond donors (Lipinski definition) is 1. The first-order valence-corrected chi connectivity index (χ1v) is 14.8. The largest absolute Gasteiger partial charge is 1.00 e. The first-order chi connectivity index (χ1) is 17.8.